The number of hydrogen-bond acceptors (Lipinski definition) is 4. The largest absolute Gasteiger partial charge is 0.245 e. The van der Waals surface area contributed by atoms with Crippen LogP contribution in [-0.2, 0) is 0 Å². The first-order valence-electron chi connectivity index (χ1n) is 17.6. The van der Waals surface area contributed by atoms with Crippen LogP contribution in [0.2, 0.25) is 0 Å². The van der Waals surface area contributed by atoms with E-state index in [-0.39, 0.29) is 0 Å². The standard InChI is InChI=1S/C45H32N4.C2H6/c1-27-6-4-8-34(22-27)38-18-14-30-10-12-32-16-20-40(48-44(32)42(30)46-38)36-24-29(3)25-37(26-36)41-21-17-33-13-11-31-15-19-39(47-43(31)45(33)49-41)35-9-5-7-28(2)23-35;1-2/h4-26H,1-3H3;1-2H3. The third-order valence-electron chi connectivity index (χ3n) is 9.34. The lowest BCUT2D eigenvalue weighted by molar-refractivity contribution is 1.34. The molecule has 0 aliphatic heterocycles. The summed E-state index contributed by atoms with van der Waals surface area (Å²) in [7, 11) is 0. The SMILES string of the molecule is CC.Cc1cccc(-c2ccc3ccc4ccc(-c5cc(C)cc(-c6ccc7ccc8ccc(-c9cccc(C)c9)nc8c7n6)c5)nc4c3n2)c1. The lowest BCUT2D eigenvalue weighted by Gasteiger charge is -2.11. The van der Waals surface area contributed by atoms with Crippen molar-refractivity contribution in [2.75, 3.05) is 0 Å². The topological polar surface area (TPSA) is 51.6 Å². The molecule has 51 heavy (non-hydrogen) atoms. The molecule has 0 saturated heterocycles. The Balaban J connectivity index is 0.00000184. The van der Waals surface area contributed by atoms with E-state index in [1.165, 1.54) is 11.1 Å². The van der Waals surface area contributed by atoms with Crippen molar-refractivity contribution < 1.29 is 0 Å². The Morgan fingerprint density at radius 1 is 0.294 bits per heavy atom. The second-order valence-electron chi connectivity index (χ2n) is 13.0. The average molecular weight is 659 g/mol. The first-order chi connectivity index (χ1) is 24.9. The van der Waals surface area contributed by atoms with Gasteiger partial charge >= 0.3 is 0 Å². The number of rotatable bonds is 4. The fourth-order valence-corrected chi connectivity index (χ4v) is 6.87. The summed E-state index contributed by atoms with van der Waals surface area (Å²) in [5.41, 5.74) is 15.2. The summed E-state index contributed by atoms with van der Waals surface area (Å²) in [5.74, 6) is 0. The van der Waals surface area contributed by atoms with E-state index in [9.17, 15) is 0 Å². The van der Waals surface area contributed by atoms with Gasteiger partial charge in [0.15, 0.2) is 0 Å². The molecule has 4 nitrogen and oxygen atoms in total. The highest BCUT2D eigenvalue weighted by Gasteiger charge is 2.13. The number of hydrogen-bond donors (Lipinski definition) is 0. The van der Waals surface area contributed by atoms with Crippen molar-refractivity contribution in [2.45, 2.75) is 34.6 Å². The summed E-state index contributed by atoms with van der Waals surface area (Å²) >= 11 is 0. The fourth-order valence-electron chi connectivity index (χ4n) is 6.87. The van der Waals surface area contributed by atoms with E-state index in [1.54, 1.807) is 0 Å². The van der Waals surface area contributed by atoms with Gasteiger partial charge in [0.25, 0.3) is 0 Å². The van der Waals surface area contributed by atoms with Gasteiger partial charge in [0.2, 0.25) is 0 Å². The number of fused-ring (bicyclic) bond motifs is 6. The van der Waals surface area contributed by atoms with Crippen molar-refractivity contribution >= 4 is 43.6 Å². The van der Waals surface area contributed by atoms with E-state index < -0.39 is 0 Å². The van der Waals surface area contributed by atoms with Crippen molar-refractivity contribution in [3.63, 3.8) is 0 Å². The van der Waals surface area contributed by atoms with Crippen LogP contribution in [0.4, 0.5) is 0 Å². The predicted octanol–water partition coefficient (Wildman–Crippen LogP) is 12.5. The number of benzene rings is 5. The molecule has 0 aliphatic carbocycles. The highest BCUT2D eigenvalue weighted by Crippen LogP contribution is 2.33. The van der Waals surface area contributed by atoms with Crippen LogP contribution in [0, 0.1) is 20.8 Å². The smallest absolute Gasteiger partial charge is 0.0972 e. The van der Waals surface area contributed by atoms with Gasteiger partial charge < -0.3 is 0 Å². The Morgan fingerprint density at radius 3 is 0.922 bits per heavy atom. The molecule has 0 aliphatic rings. The molecule has 0 bridgehead atoms. The molecule has 0 spiro atoms. The van der Waals surface area contributed by atoms with Gasteiger partial charge in [0.1, 0.15) is 0 Å². The summed E-state index contributed by atoms with van der Waals surface area (Å²) < 4.78 is 0. The summed E-state index contributed by atoms with van der Waals surface area (Å²) in [6.45, 7) is 10.4. The molecule has 0 fully saturated rings. The zero-order valence-electron chi connectivity index (χ0n) is 29.6. The van der Waals surface area contributed by atoms with E-state index in [0.717, 1.165) is 94.2 Å². The highest BCUT2D eigenvalue weighted by molar-refractivity contribution is 6.05. The third-order valence-corrected chi connectivity index (χ3v) is 9.34. The van der Waals surface area contributed by atoms with Gasteiger partial charge in [-0.3, -0.25) is 0 Å². The molecule has 0 amide bonds. The van der Waals surface area contributed by atoms with Crippen LogP contribution < -0.4 is 0 Å². The molecule has 0 unspecified atom stereocenters. The minimum atomic E-state index is 0.901. The zero-order valence-corrected chi connectivity index (χ0v) is 29.6. The predicted molar refractivity (Wildman–Crippen MR) is 215 cm³/mol. The molecule has 0 saturated carbocycles. The van der Waals surface area contributed by atoms with Gasteiger partial charge in [-0.15, -0.1) is 0 Å². The molecule has 4 heteroatoms. The second kappa shape index (κ2) is 13.2. The molecule has 0 radical (unpaired) electrons. The van der Waals surface area contributed by atoms with Crippen molar-refractivity contribution in [1.29, 1.82) is 0 Å². The van der Waals surface area contributed by atoms with Gasteiger partial charge in [-0.1, -0.05) is 110 Å². The van der Waals surface area contributed by atoms with E-state index in [1.807, 2.05) is 13.8 Å². The molecule has 9 rings (SSSR count). The van der Waals surface area contributed by atoms with Crippen molar-refractivity contribution in [1.82, 2.24) is 19.9 Å². The first-order valence-corrected chi connectivity index (χ1v) is 17.6. The van der Waals surface area contributed by atoms with Gasteiger partial charge in [0.05, 0.1) is 44.8 Å². The minimum absolute atomic E-state index is 0.901. The molecular formula is C47H38N4. The Bertz CT molecular complexity index is 2580. The zero-order chi connectivity index (χ0) is 35.1. The molecule has 4 heterocycles. The summed E-state index contributed by atoms with van der Waals surface area (Å²) in [4.78, 5) is 20.8. The van der Waals surface area contributed by atoms with Crippen LogP contribution in [0.25, 0.3) is 88.6 Å². The van der Waals surface area contributed by atoms with Crippen LogP contribution >= 0.6 is 0 Å². The third kappa shape index (κ3) is 6.10. The second-order valence-corrected chi connectivity index (χ2v) is 13.0. The lowest BCUT2D eigenvalue weighted by atomic mass is 10.00. The molecule has 5 aromatic carbocycles. The van der Waals surface area contributed by atoms with E-state index >= 15 is 0 Å². The number of nitrogens with zero attached hydrogens (tertiary/aromatic N) is 4. The minimum Gasteiger partial charge on any atom is -0.245 e. The molecule has 0 atom stereocenters. The fraction of sp³-hybridized carbons (Fsp3) is 0.106. The van der Waals surface area contributed by atoms with Gasteiger partial charge in [0, 0.05) is 43.8 Å². The first kappa shape index (κ1) is 32.0. The monoisotopic (exact) mass is 658 g/mol. The average Bonchev–Trinajstić information content (AvgIpc) is 3.17. The summed E-state index contributed by atoms with van der Waals surface area (Å²) in [5, 5.41) is 4.28. The maximum atomic E-state index is 5.24. The maximum Gasteiger partial charge on any atom is 0.0972 e. The van der Waals surface area contributed by atoms with Gasteiger partial charge in [-0.05, 0) is 80.9 Å². The lowest BCUT2D eigenvalue weighted by Crippen LogP contribution is -1.93. The molecule has 246 valence electrons. The Labute approximate surface area is 298 Å². The number of aryl methyl sites for hydroxylation is 3. The maximum absolute atomic E-state index is 5.24. The summed E-state index contributed by atoms with van der Waals surface area (Å²) in [6, 6.07) is 49.1. The Kier molecular flexibility index (Phi) is 8.29. The molecule has 0 N–H and O–H groups in total. The molecule has 9 aromatic rings. The highest BCUT2D eigenvalue weighted by atomic mass is 14.8. The molecular weight excluding hydrogens is 621 g/mol. The normalized spacial score (nSPS) is 11.2. The Hall–Kier alpha value is -6.26. The van der Waals surface area contributed by atoms with Crippen molar-refractivity contribution in [3.05, 3.63) is 156 Å². The van der Waals surface area contributed by atoms with Gasteiger partial charge in [-0.2, -0.15) is 0 Å². The van der Waals surface area contributed by atoms with Crippen LogP contribution in [0.15, 0.2) is 140 Å². The van der Waals surface area contributed by atoms with Gasteiger partial charge in [-0.25, -0.2) is 19.9 Å². The van der Waals surface area contributed by atoms with Crippen LogP contribution in [0.3, 0.4) is 0 Å². The van der Waals surface area contributed by atoms with Crippen molar-refractivity contribution in [3.8, 4) is 45.0 Å². The quantitative estimate of drug-likeness (QED) is 0.177. The van der Waals surface area contributed by atoms with Crippen molar-refractivity contribution in [2.24, 2.45) is 0 Å². The molecule has 4 aromatic heterocycles. The Morgan fingerprint density at radius 2 is 0.588 bits per heavy atom. The van der Waals surface area contributed by atoms with Crippen LogP contribution in [0.1, 0.15) is 30.5 Å². The van der Waals surface area contributed by atoms with E-state index in [0.29, 0.717) is 0 Å². The number of aromatic nitrogens is 4. The van der Waals surface area contributed by atoms with E-state index in [2.05, 4.69) is 160 Å². The summed E-state index contributed by atoms with van der Waals surface area (Å²) in [6.07, 6.45) is 0. The van der Waals surface area contributed by atoms with Crippen LogP contribution in [0.5, 0.6) is 0 Å². The number of pyridine rings is 4. The van der Waals surface area contributed by atoms with Crippen LogP contribution in [-0.4, -0.2) is 19.9 Å². The van der Waals surface area contributed by atoms with E-state index in [4.69, 9.17) is 19.9 Å².